The number of benzene rings is 1. The lowest BCUT2D eigenvalue weighted by molar-refractivity contribution is 0.437. The van der Waals surface area contributed by atoms with Crippen molar-refractivity contribution in [1.82, 2.24) is 10.2 Å². The van der Waals surface area contributed by atoms with Crippen LogP contribution < -0.4 is 0 Å². The Balaban J connectivity index is 2.00. The van der Waals surface area contributed by atoms with Crippen molar-refractivity contribution in [2.75, 3.05) is 0 Å². The Hall–Kier alpha value is -1.35. The molecule has 1 heterocycles. The van der Waals surface area contributed by atoms with Crippen LogP contribution in [-0.4, -0.2) is 10.2 Å². The van der Waals surface area contributed by atoms with Gasteiger partial charge in [0.25, 0.3) is 0 Å². The largest absolute Gasteiger partial charge is 0.423 e. The van der Waals surface area contributed by atoms with Gasteiger partial charge in [0, 0.05) is 0 Å². The van der Waals surface area contributed by atoms with Crippen LogP contribution >= 0.6 is 11.6 Å². The quantitative estimate of drug-likeness (QED) is 0.767. The van der Waals surface area contributed by atoms with Gasteiger partial charge < -0.3 is 4.42 Å². The highest BCUT2D eigenvalue weighted by Crippen LogP contribution is 2.52. The van der Waals surface area contributed by atoms with Crippen molar-refractivity contribution in [3.05, 3.63) is 47.7 Å². The van der Waals surface area contributed by atoms with Crippen LogP contribution in [0.2, 0.25) is 0 Å². The van der Waals surface area contributed by atoms with Gasteiger partial charge in [0.15, 0.2) is 0 Å². The van der Waals surface area contributed by atoms with Gasteiger partial charge in [0.05, 0.1) is 5.41 Å². The maximum Gasteiger partial charge on any atom is 0.231 e. The second-order valence-electron chi connectivity index (χ2n) is 4.08. The molecule has 0 spiro atoms. The van der Waals surface area contributed by atoms with Gasteiger partial charge in [-0.3, -0.25) is 0 Å². The van der Waals surface area contributed by atoms with E-state index >= 15 is 0 Å². The standard InChI is InChI=1S/C12H11ClN2O/c13-8-10-14-15-11(16-10)12(6-7-12)9-4-2-1-3-5-9/h1-5H,6-8H2. The van der Waals surface area contributed by atoms with E-state index in [9.17, 15) is 0 Å². The highest BCUT2D eigenvalue weighted by atomic mass is 35.5. The van der Waals surface area contributed by atoms with Crippen LogP contribution in [0.3, 0.4) is 0 Å². The van der Waals surface area contributed by atoms with Gasteiger partial charge in [0.2, 0.25) is 11.8 Å². The third-order valence-electron chi connectivity index (χ3n) is 3.07. The molecule has 0 amide bonds. The first-order valence-electron chi connectivity index (χ1n) is 5.29. The molecule has 1 fully saturated rings. The number of rotatable bonds is 3. The van der Waals surface area contributed by atoms with Gasteiger partial charge in [-0.05, 0) is 18.4 Å². The van der Waals surface area contributed by atoms with Crippen LogP contribution in [0.5, 0.6) is 0 Å². The first kappa shape index (κ1) is 9.85. The van der Waals surface area contributed by atoms with E-state index in [-0.39, 0.29) is 11.3 Å². The molecule has 3 nitrogen and oxygen atoms in total. The van der Waals surface area contributed by atoms with Crippen molar-refractivity contribution in [1.29, 1.82) is 0 Å². The predicted octanol–water partition coefficient (Wildman–Crippen LogP) is 2.89. The van der Waals surface area contributed by atoms with Gasteiger partial charge in [0.1, 0.15) is 5.88 Å². The highest BCUT2D eigenvalue weighted by molar-refractivity contribution is 6.16. The summed E-state index contributed by atoms with van der Waals surface area (Å²) in [6.45, 7) is 0. The molecule has 2 aromatic rings. The third kappa shape index (κ3) is 1.43. The van der Waals surface area contributed by atoms with Crippen molar-refractivity contribution in [2.24, 2.45) is 0 Å². The Morgan fingerprint density at radius 1 is 1.19 bits per heavy atom. The molecule has 1 aromatic heterocycles. The average molecular weight is 235 g/mol. The second-order valence-corrected chi connectivity index (χ2v) is 4.35. The van der Waals surface area contributed by atoms with Crippen LogP contribution in [0.25, 0.3) is 0 Å². The predicted molar refractivity (Wildman–Crippen MR) is 60.3 cm³/mol. The molecule has 0 unspecified atom stereocenters. The van der Waals surface area contributed by atoms with E-state index in [1.165, 1.54) is 5.56 Å². The van der Waals surface area contributed by atoms with E-state index in [0.29, 0.717) is 11.8 Å². The van der Waals surface area contributed by atoms with Crippen LogP contribution in [0.4, 0.5) is 0 Å². The normalized spacial score (nSPS) is 17.3. The Morgan fingerprint density at radius 2 is 1.94 bits per heavy atom. The topological polar surface area (TPSA) is 38.9 Å². The zero-order valence-corrected chi connectivity index (χ0v) is 9.44. The Kier molecular flexibility index (Phi) is 2.21. The molecule has 1 saturated carbocycles. The Morgan fingerprint density at radius 3 is 2.50 bits per heavy atom. The second kappa shape index (κ2) is 3.59. The first-order valence-corrected chi connectivity index (χ1v) is 5.83. The van der Waals surface area contributed by atoms with E-state index in [0.717, 1.165) is 12.8 Å². The lowest BCUT2D eigenvalue weighted by Gasteiger charge is -2.09. The van der Waals surface area contributed by atoms with Crippen LogP contribution in [0, 0.1) is 0 Å². The summed E-state index contributed by atoms with van der Waals surface area (Å²) in [5.74, 6) is 1.48. The molecule has 3 rings (SSSR count). The first-order chi connectivity index (χ1) is 7.85. The molecule has 4 heteroatoms. The summed E-state index contributed by atoms with van der Waals surface area (Å²) in [7, 11) is 0. The number of hydrogen-bond donors (Lipinski definition) is 0. The zero-order chi connectivity index (χ0) is 11.0. The molecule has 0 radical (unpaired) electrons. The number of aromatic nitrogens is 2. The van der Waals surface area contributed by atoms with Crippen molar-refractivity contribution in [3.8, 4) is 0 Å². The maximum atomic E-state index is 5.66. The van der Waals surface area contributed by atoms with Gasteiger partial charge in [-0.2, -0.15) is 0 Å². The molecular weight excluding hydrogens is 224 g/mol. The van der Waals surface area contributed by atoms with Gasteiger partial charge in [-0.25, -0.2) is 0 Å². The molecule has 0 saturated heterocycles. The van der Waals surface area contributed by atoms with Crippen LogP contribution in [0.1, 0.15) is 30.2 Å². The molecule has 0 N–H and O–H groups in total. The maximum absolute atomic E-state index is 5.66. The summed E-state index contributed by atoms with van der Waals surface area (Å²) in [5, 5.41) is 8.01. The number of alkyl halides is 1. The SMILES string of the molecule is ClCc1nnc(C2(c3ccccc3)CC2)o1. The van der Waals surface area contributed by atoms with E-state index in [1.54, 1.807) is 0 Å². The lowest BCUT2D eigenvalue weighted by atomic mass is 9.96. The summed E-state index contributed by atoms with van der Waals surface area (Å²) in [6, 6.07) is 10.3. The highest BCUT2D eigenvalue weighted by Gasteiger charge is 2.50. The fourth-order valence-electron chi connectivity index (χ4n) is 2.01. The number of hydrogen-bond acceptors (Lipinski definition) is 3. The van der Waals surface area contributed by atoms with Crippen molar-refractivity contribution < 1.29 is 4.42 Å². The zero-order valence-electron chi connectivity index (χ0n) is 8.69. The average Bonchev–Trinajstić information content (AvgIpc) is 3.02. The van der Waals surface area contributed by atoms with Crippen LogP contribution in [-0.2, 0) is 11.3 Å². The third-order valence-corrected chi connectivity index (χ3v) is 3.30. The van der Waals surface area contributed by atoms with E-state index in [4.69, 9.17) is 16.0 Å². The van der Waals surface area contributed by atoms with E-state index in [1.807, 2.05) is 18.2 Å². The summed E-state index contributed by atoms with van der Waals surface area (Å²) < 4.78 is 5.56. The van der Waals surface area contributed by atoms with Crippen molar-refractivity contribution in [2.45, 2.75) is 24.1 Å². The molecule has 82 valence electrons. The lowest BCUT2D eigenvalue weighted by Crippen LogP contribution is -2.08. The van der Waals surface area contributed by atoms with Crippen molar-refractivity contribution in [3.63, 3.8) is 0 Å². The van der Waals surface area contributed by atoms with Crippen LogP contribution in [0.15, 0.2) is 34.7 Å². The molecule has 1 aromatic carbocycles. The molecule has 0 bridgehead atoms. The smallest absolute Gasteiger partial charge is 0.231 e. The summed E-state index contributed by atoms with van der Waals surface area (Å²) in [4.78, 5) is 0. The summed E-state index contributed by atoms with van der Waals surface area (Å²) >= 11 is 5.66. The monoisotopic (exact) mass is 234 g/mol. The van der Waals surface area contributed by atoms with E-state index < -0.39 is 0 Å². The minimum Gasteiger partial charge on any atom is -0.423 e. The van der Waals surface area contributed by atoms with Crippen molar-refractivity contribution >= 4 is 11.6 Å². The summed E-state index contributed by atoms with van der Waals surface area (Å²) in [5.41, 5.74) is 1.21. The number of nitrogens with zero attached hydrogens (tertiary/aromatic N) is 2. The molecular formula is C12H11ClN2O. The molecule has 0 atom stereocenters. The fraction of sp³-hybridized carbons (Fsp3) is 0.333. The van der Waals surface area contributed by atoms with E-state index in [2.05, 4.69) is 22.3 Å². The molecule has 1 aliphatic rings. The van der Waals surface area contributed by atoms with Gasteiger partial charge in [-0.15, -0.1) is 21.8 Å². The molecule has 16 heavy (non-hydrogen) atoms. The Labute approximate surface area is 98.4 Å². The molecule has 0 aliphatic heterocycles. The minimum atomic E-state index is -0.0431. The number of halogens is 1. The summed E-state index contributed by atoms with van der Waals surface area (Å²) in [6.07, 6.45) is 2.14. The minimum absolute atomic E-state index is 0.0431. The van der Waals surface area contributed by atoms with Gasteiger partial charge >= 0.3 is 0 Å². The van der Waals surface area contributed by atoms with Gasteiger partial charge in [-0.1, -0.05) is 30.3 Å². The Bertz CT molecular complexity index is 491. The fourth-order valence-corrected chi connectivity index (χ4v) is 2.12. The molecule has 1 aliphatic carbocycles.